The SMILES string of the molecule is [C-]#[O+].[C-]#[O+].[C-]#[O+].[Mo].c1ccc([PH+](CC[As](c2ccccc2)c2ccccc2)CC[As](c2ccccc2)c2ccccc2)cc1. The Balaban J connectivity index is 0.00000130. The minimum absolute atomic E-state index is 0. The van der Waals surface area contributed by atoms with E-state index in [2.05, 4.69) is 172 Å². The molecule has 0 saturated carbocycles. The molecule has 0 aromatic heterocycles. The van der Waals surface area contributed by atoms with Crippen LogP contribution in [0, 0.1) is 20.0 Å². The van der Waals surface area contributed by atoms with Crippen LogP contribution in [0.15, 0.2) is 152 Å². The van der Waals surface area contributed by atoms with Gasteiger partial charge in [0.25, 0.3) is 0 Å². The van der Waals surface area contributed by atoms with Gasteiger partial charge in [0.2, 0.25) is 0 Å². The van der Waals surface area contributed by atoms with Crippen molar-refractivity contribution in [2.75, 3.05) is 12.3 Å². The van der Waals surface area contributed by atoms with Gasteiger partial charge >= 0.3 is 268 Å². The molecule has 0 amide bonds. The van der Waals surface area contributed by atoms with E-state index in [1.807, 2.05) is 0 Å². The maximum absolute atomic E-state index is 7.50. The van der Waals surface area contributed by atoms with Crippen LogP contribution in [0.25, 0.3) is 0 Å². The Morgan fingerprint density at radius 3 is 0.864 bits per heavy atom. The summed E-state index contributed by atoms with van der Waals surface area (Å²) in [6.45, 7) is 13.5. The monoisotopic (exact) mass is 805 g/mol. The molecule has 0 saturated heterocycles. The first-order chi connectivity index (χ1) is 21.4. The van der Waals surface area contributed by atoms with Crippen LogP contribution in [0.3, 0.4) is 0 Å². The average Bonchev–Trinajstić information content (AvgIpc) is 3.12. The van der Waals surface area contributed by atoms with E-state index in [-0.39, 0.29) is 21.1 Å². The van der Waals surface area contributed by atoms with Gasteiger partial charge in [0.05, 0.1) is 0 Å². The predicted molar refractivity (Wildman–Crippen MR) is 181 cm³/mol. The average molecular weight is 803 g/mol. The molecule has 0 heterocycles. The fourth-order valence-corrected chi connectivity index (χ4v) is 21.4. The van der Waals surface area contributed by atoms with Crippen molar-refractivity contribution in [1.29, 1.82) is 0 Å². The van der Waals surface area contributed by atoms with Crippen LogP contribution in [0.1, 0.15) is 0 Å². The van der Waals surface area contributed by atoms with Crippen LogP contribution < -0.4 is 22.7 Å². The molecule has 44 heavy (non-hydrogen) atoms. The molecule has 0 radical (unpaired) electrons. The number of hydrogen-bond acceptors (Lipinski definition) is 0. The standard InChI is InChI=1S/C34H33As2P.3CO.Mo/c1-6-16-30(17-7-1)35(31-18-8-2-9-19-31)26-28-37(34-24-14-5-15-25-34)29-27-36(32-20-10-3-11-21-32)33-22-12-4-13-23-33;3*1-2;/h1-25H,26-29H2;;;;/p+1. The van der Waals surface area contributed by atoms with Crippen molar-refractivity contribution in [3.63, 3.8) is 0 Å². The summed E-state index contributed by atoms with van der Waals surface area (Å²) in [4.78, 5) is 0. The molecule has 3 nitrogen and oxygen atoms in total. The van der Waals surface area contributed by atoms with Gasteiger partial charge in [-0.3, -0.25) is 0 Å². The van der Waals surface area contributed by atoms with Gasteiger partial charge in [-0.05, 0) is 0 Å². The Kier molecular flexibility index (Phi) is 22.3. The number of rotatable bonds is 11. The molecule has 5 aromatic rings. The molecule has 0 spiro atoms. The third-order valence-corrected chi connectivity index (χ3v) is 22.0. The van der Waals surface area contributed by atoms with E-state index in [0.29, 0.717) is 0 Å². The Hall–Kier alpha value is -2.44. The van der Waals surface area contributed by atoms with E-state index in [9.17, 15) is 0 Å². The molecule has 0 N–H and O–H groups in total. The first kappa shape index (κ1) is 39.6. The summed E-state index contributed by atoms with van der Waals surface area (Å²) >= 11 is -2.69. The second-order valence-electron chi connectivity index (χ2n) is 9.12. The van der Waals surface area contributed by atoms with Crippen LogP contribution in [-0.4, -0.2) is 41.6 Å². The quantitative estimate of drug-likeness (QED) is 0.0780. The fourth-order valence-electron chi connectivity index (χ4n) is 4.83. The molecule has 0 atom stereocenters. The van der Waals surface area contributed by atoms with E-state index >= 15 is 0 Å². The van der Waals surface area contributed by atoms with E-state index in [4.69, 9.17) is 14.0 Å². The van der Waals surface area contributed by atoms with Crippen molar-refractivity contribution in [1.82, 2.24) is 0 Å². The Morgan fingerprint density at radius 1 is 0.386 bits per heavy atom. The molecule has 220 valence electrons. The molecular weight excluding hydrogens is 769 g/mol. The van der Waals surface area contributed by atoms with E-state index < -0.39 is 37.2 Å². The predicted octanol–water partition coefficient (Wildman–Crippen LogP) is 5.03. The molecule has 5 rings (SSSR count). The van der Waals surface area contributed by atoms with Gasteiger partial charge in [0.15, 0.2) is 0 Å². The number of hydrogen-bond donors (Lipinski definition) is 0. The van der Waals surface area contributed by atoms with Crippen LogP contribution in [0.5, 0.6) is 0 Å². The second kappa shape index (κ2) is 24.8. The molecule has 0 bridgehead atoms. The zero-order valence-corrected chi connectivity index (χ0v) is 31.0. The van der Waals surface area contributed by atoms with Crippen LogP contribution in [0.2, 0.25) is 10.4 Å². The first-order valence-corrected chi connectivity index (χ1v) is 22.0. The van der Waals surface area contributed by atoms with Gasteiger partial charge in [0.1, 0.15) is 0 Å². The van der Waals surface area contributed by atoms with Crippen molar-refractivity contribution in [2.24, 2.45) is 0 Å². The van der Waals surface area contributed by atoms with Crippen LogP contribution in [-0.2, 0) is 35.0 Å². The third-order valence-electron chi connectivity index (χ3n) is 6.73. The third kappa shape index (κ3) is 12.9. The summed E-state index contributed by atoms with van der Waals surface area (Å²) in [5, 5.41) is 4.29. The molecular formula is C37H34As2MoO3P+. The van der Waals surface area contributed by atoms with Crippen molar-refractivity contribution < 1.29 is 35.0 Å². The van der Waals surface area contributed by atoms with E-state index in [0.717, 1.165) is 0 Å². The van der Waals surface area contributed by atoms with E-state index in [1.165, 1.54) is 22.7 Å². The van der Waals surface area contributed by atoms with Crippen molar-refractivity contribution in [3.05, 3.63) is 172 Å². The topological polar surface area (TPSA) is 59.7 Å². The molecule has 5 aromatic carbocycles. The van der Waals surface area contributed by atoms with Crippen LogP contribution in [0.4, 0.5) is 0 Å². The molecule has 0 aliphatic carbocycles. The van der Waals surface area contributed by atoms with Crippen molar-refractivity contribution >= 4 is 59.9 Å². The van der Waals surface area contributed by atoms with Gasteiger partial charge in [-0.2, -0.15) is 0 Å². The zero-order valence-electron chi connectivity index (χ0n) is 24.3. The normalized spacial score (nSPS) is 9.66. The first-order valence-electron chi connectivity index (χ1n) is 13.6. The summed E-state index contributed by atoms with van der Waals surface area (Å²) < 4.78 is 28.8. The summed E-state index contributed by atoms with van der Waals surface area (Å²) in [7, 11) is -0.667. The zero-order chi connectivity index (χ0) is 31.1. The second-order valence-corrected chi connectivity index (χ2v) is 21.7. The molecule has 0 aliphatic heterocycles. The Bertz CT molecular complexity index is 1290. The number of benzene rings is 5. The fraction of sp³-hybridized carbons (Fsp3) is 0.108. The Morgan fingerprint density at radius 2 is 0.614 bits per heavy atom. The maximum atomic E-state index is 7.50. The van der Waals surface area contributed by atoms with Gasteiger partial charge in [-0.25, -0.2) is 0 Å². The summed E-state index contributed by atoms with van der Waals surface area (Å²) in [6, 6.07) is 56.8. The van der Waals surface area contributed by atoms with Crippen molar-refractivity contribution in [2.45, 2.75) is 10.4 Å². The molecule has 0 fully saturated rings. The molecule has 7 heteroatoms. The summed E-state index contributed by atoms with van der Waals surface area (Å²) in [6.07, 6.45) is 2.70. The van der Waals surface area contributed by atoms with Gasteiger partial charge in [-0.1, -0.05) is 0 Å². The molecule has 0 unspecified atom stereocenters. The van der Waals surface area contributed by atoms with Gasteiger partial charge < -0.3 is 0 Å². The molecule has 0 aliphatic rings. The van der Waals surface area contributed by atoms with E-state index in [1.54, 1.807) is 22.7 Å². The van der Waals surface area contributed by atoms with Gasteiger partial charge in [0, 0.05) is 21.1 Å². The van der Waals surface area contributed by atoms with Crippen molar-refractivity contribution in [3.8, 4) is 0 Å². The van der Waals surface area contributed by atoms with Crippen LogP contribution >= 0.6 is 7.92 Å². The Labute approximate surface area is 287 Å². The van der Waals surface area contributed by atoms with Gasteiger partial charge in [-0.15, -0.1) is 0 Å². The summed E-state index contributed by atoms with van der Waals surface area (Å²) in [5.41, 5.74) is 0. The minimum atomic E-state index is -1.35. The summed E-state index contributed by atoms with van der Waals surface area (Å²) in [5.74, 6) is 0.